The molecule has 126 valence electrons. The lowest BCUT2D eigenvalue weighted by atomic mass is 10.3. The first-order valence-corrected chi connectivity index (χ1v) is 8.08. The van der Waals surface area contributed by atoms with Gasteiger partial charge in [0.05, 0.1) is 30.0 Å². The van der Waals surface area contributed by atoms with Crippen LogP contribution in [0.1, 0.15) is 0 Å². The summed E-state index contributed by atoms with van der Waals surface area (Å²) in [7, 11) is 0. The molecule has 0 amide bonds. The third kappa shape index (κ3) is 2.32. The van der Waals surface area contributed by atoms with Crippen LogP contribution in [0.4, 0.5) is 11.6 Å². The molecule has 4 heterocycles. The maximum absolute atomic E-state index is 4.52. The van der Waals surface area contributed by atoms with Gasteiger partial charge in [-0.2, -0.15) is 10.2 Å². The largest absolute Gasteiger partial charge is 0.322 e. The highest BCUT2D eigenvalue weighted by molar-refractivity contribution is 5.73. The molecule has 1 aromatic carbocycles. The quantitative estimate of drug-likeness (QED) is 0.524. The second kappa shape index (κ2) is 5.85. The van der Waals surface area contributed by atoms with E-state index in [4.69, 9.17) is 0 Å². The van der Waals surface area contributed by atoms with Gasteiger partial charge in [0.2, 0.25) is 0 Å². The van der Waals surface area contributed by atoms with Crippen molar-refractivity contribution in [3.8, 4) is 16.9 Å². The van der Waals surface area contributed by atoms with Crippen LogP contribution in [-0.4, -0.2) is 34.3 Å². The fourth-order valence-electron chi connectivity index (χ4n) is 2.91. The Morgan fingerprint density at radius 3 is 2.73 bits per heavy atom. The molecule has 0 fully saturated rings. The smallest absolute Gasteiger partial charge is 0.180 e. The van der Waals surface area contributed by atoms with E-state index < -0.39 is 0 Å². The number of H-pyrrole nitrogens is 1. The molecule has 2 N–H and O–H groups in total. The number of anilines is 2. The number of fused-ring (bicyclic) bond motifs is 1. The summed E-state index contributed by atoms with van der Waals surface area (Å²) in [6, 6.07) is 11.8. The minimum atomic E-state index is 0.653. The van der Waals surface area contributed by atoms with Crippen LogP contribution in [0.2, 0.25) is 0 Å². The summed E-state index contributed by atoms with van der Waals surface area (Å²) in [6.07, 6.45) is 10.8. The lowest BCUT2D eigenvalue weighted by Gasteiger charge is -2.10. The topological polar surface area (TPSA) is 88.7 Å². The van der Waals surface area contributed by atoms with Crippen molar-refractivity contribution in [1.82, 2.24) is 34.3 Å². The van der Waals surface area contributed by atoms with Crippen LogP contribution < -0.4 is 5.32 Å². The van der Waals surface area contributed by atoms with Crippen LogP contribution in [0.25, 0.3) is 22.6 Å². The highest BCUT2D eigenvalue weighted by Crippen LogP contribution is 2.25. The first-order valence-electron chi connectivity index (χ1n) is 8.08. The highest BCUT2D eigenvalue weighted by atomic mass is 15.3. The number of nitrogens with zero attached hydrogens (tertiary/aromatic N) is 6. The van der Waals surface area contributed by atoms with Crippen molar-refractivity contribution in [2.24, 2.45) is 0 Å². The molecule has 26 heavy (non-hydrogen) atoms. The van der Waals surface area contributed by atoms with Crippen LogP contribution in [0.15, 0.2) is 73.6 Å². The molecule has 0 aliphatic rings. The van der Waals surface area contributed by atoms with Gasteiger partial charge in [0.15, 0.2) is 11.5 Å². The van der Waals surface area contributed by atoms with Crippen LogP contribution in [-0.2, 0) is 0 Å². The van der Waals surface area contributed by atoms with E-state index in [9.17, 15) is 0 Å². The zero-order valence-corrected chi connectivity index (χ0v) is 13.6. The van der Waals surface area contributed by atoms with Crippen LogP contribution in [0, 0.1) is 0 Å². The van der Waals surface area contributed by atoms with Gasteiger partial charge in [-0.05, 0) is 12.1 Å². The fourth-order valence-corrected chi connectivity index (χ4v) is 2.91. The summed E-state index contributed by atoms with van der Waals surface area (Å²) in [5, 5.41) is 14.6. The van der Waals surface area contributed by atoms with Crippen LogP contribution in [0.3, 0.4) is 0 Å². The van der Waals surface area contributed by atoms with Gasteiger partial charge < -0.3 is 5.32 Å². The van der Waals surface area contributed by atoms with E-state index in [0.29, 0.717) is 5.82 Å². The Bertz CT molecular complexity index is 1150. The summed E-state index contributed by atoms with van der Waals surface area (Å²) < 4.78 is 3.80. The fraction of sp³-hybridized carbons (Fsp3) is 0. The molecule has 0 unspecified atom stereocenters. The number of hydrogen-bond acceptors (Lipinski definition) is 5. The maximum Gasteiger partial charge on any atom is 0.180 e. The SMILES string of the molecule is c1ccc(-n2nccc2Nc2nccn3c(-c4cn[nH]c4)cnc23)cc1. The Balaban J connectivity index is 1.57. The number of aromatic amines is 1. The molecule has 4 aromatic heterocycles. The van der Waals surface area contributed by atoms with Crippen molar-refractivity contribution < 1.29 is 0 Å². The van der Waals surface area contributed by atoms with Gasteiger partial charge in [0.1, 0.15) is 5.82 Å². The van der Waals surface area contributed by atoms with Crippen molar-refractivity contribution in [3.05, 3.63) is 73.6 Å². The predicted molar refractivity (Wildman–Crippen MR) is 97.4 cm³/mol. The molecule has 5 rings (SSSR count). The summed E-state index contributed by atoms with van der Waals surface area (Å²) in [6.45, 7) is 0. The average Bonchev–Trinajstić information content (AvgIpc) is 3.43. The average molecular weight is 342 g/mol. The van der Waals surface area contributed by atoms with E-state index in [1.807, 2.05) is 64.1 Å². The molecule has 0 aliphatic carbocycles. The molecular weight excluding hydrogens is 328 g/mol. The number of hydrogen-bond donors (Lipinski definition) is 2. The molecule has 0 bridgehead atoms. The van der Waals surface area contributed by atoms with E-state index in [-0.39, 0.29) is 0 Å². The molecule has 8 nitrogen and oxygen atoms in total. The number of imidazole rings is 1. The van der Waals surface area contributed by atoms with Crippen molar-refractivity contribution in [2.75, 3.05) is 5.32 Å². The van der Waals surface area contributed by atoms with Gasteiger partial charge in [-0.1, -0.05) is 18.2 Å². The van der Waals surface area contributed by atoms with E-state index in [1.54, 1.807) is 18.6 Å². The van der Waals surface area contributed by atoms with Gasteiger partial charge in [0.25, 0.3) is 0 Å². The minimum Gasteiger partial charge on any atom is -0.322 e. The molecule has 0 atom stereocenters. The number of nitrogens with one attached hydrogen (secondary N) is 2. The summed E-state index contributed by atoms with van der Waals surface area (Å²) in [4.78, 5) is 8.98. The first-order chi connectivity index (χ1) is 12.9. The lowest BCUT2D eigenvalue weighted by molar-refractivity contribution is 0.886. The Morgan fingerprint density at radius 2 is 1.88 bits per heavy atom. The van der Waals surface area contributed by atoms with Crippen molar-refractivity contribution in [3.63, 3.8) is 0 Å². The van der Waals surface area contributed by atoms with Gasteiger partial charge >= 0.3 is 0 Å². The van der Waals surface area contributed by atoms with Gasteiger partial charge in [-0.25, -0.2) is 14.6 Å². The summed E-state index contributed by atoms with van der Waals surface area (Å²) in [5.41, 5.74) is 3.60. The van der Waals surface area contributed by atoms with Gasteiger partial charge in [-0.15, -0.1) is 0 Å². The van der Waals surface area contributed by atoms with E-state index >= 15 is 0 Å². The molecule has 8 heteroatoms. The molecular formula is C18H14N8. The number of aromatic nitrogens is 7. The molecule has 0 saturated carbocycles. The van der Waals surface area contributed by atoms with Crippen LogP contribution in [0.5, 0.6) is 0 Å². The Hall–Kier alpha value is -3.94. The normalized spacial score (nSPS) is 11.1. The molecule has 0 aliphatic heterocycles. The summed E-state index contributed by atoms with van der Waals surface area (Å²) in [5.74, 6) is 1.46. The van der Waals surface area contributed by atoms with Gasteiger partial charge in [-0.3, -0.25) is 9.50 Å². The lowest BCUT2D eigenvalue weighted by Crippen LogP contribution is -2.04. The van der Waals surface area contributed by atoms with E-state index in [2.05, 4.69) is 30.6 Å². The highest BCUT2D eigenvalue weighted by Gasteiger charge is 2.13. The third-order valence-corrected chi connectivity index (χ3v) is 4.11. The van der Waals surface area contributed by atoms with E-state index in [1.165, 1.54) is 0 Å². The molecule has 0 spiro atoms. The standard InChI is InChI=1S/C18H14N8/c1-2-4-14(5-3-1)26-16(6-7-23-26)24-17-18-20-12-15(13-10-21-22-11-13)25(18)9-8-19-17/h1-12H,(H,19,24)(H,21,22). The first kappa shape index (κ1) is 14.4. The molecule has 5 aromatic rings. The van der Waals surface area contributed by atoms with Gasteiger partial charge in [0, 0.05) is 30.2 Å². The van der Waals surface area contributed by atoms with Crippen LogP contribution >= 0.6 is 0 Å². The van der Waals surface area contributed by atoms with Crippen molar-refractivity contribution >= 4 is 17.3 Å². The second-order valence-electron chi connectivity index (χ2n) is 5.69. The molecule has 0 radical (unpaired) electrons. The monoisotopic (exact) mass is 342 g/mol. The Labute approximate surface area is 148 Å². The maximum atomic E-state index is 4.52. The zero-order valence-electron chi connectivity index (χ0n) is 13.6. The zero-order chi connectivity index (χ0) is 17.3. The minimum absolute atomic E-state index is 0.653. The number of benzene rings is 1. The Morgan fingerprint density at radius 1 is 0.962 bits per heavy atom. The second-order valence-corrected chi connectivity index (χ2v) is 5.69. The number of para-hydroxylation sites is 1. The molecule has 0 saturated heterocycles. The predicted octanol–water partition coefficient (Wildman–Crippen LogP) is 3.05. The van der Waals surface area contributed by atoms with E-state index in [0.717, 1.165) is 28.4 Å². The van der Waals surface area contributed by atoms with Crippen molar-refractivity contribution in [1.29, 1.82) is 0 Å². The number of rotatable bonds is 4. The van der Waals surface area contributed by atoms with Crippen molar-refractivity contribution in [2.45, 2.75) is 0 Å². The summed E-state index contributed by atoms with van der Waals surface area (Å²) >= 11 is 0. The Kier molecular flexibility index (Phi) is 3.24. The third-order valence-electron chi connectivity index (χ3n) is 4.11.